The Kier molecular flexibility index (Phi) is 7.49. The molecule has 0 aliphatic carbocycles. The van der Waals surface area contributed by atoms with Gasteiger partial charge >= 0.3 is 0 Å². The van der Waals surface area contributed by atoms with Crippen LogP contribution in [-0.4, -0.2) is 75.7 Å². The minimum Gasteiger partial charge on any atom is -0.487 e. The van der Waals surface area contributed by atoms with Crippen molar-refractivity contribution in [2.45, 2.75) is 30.9 Å². The standard InChI is InChI=1S/C22H29FN2O6S2/c1-15-12-25(16(2)14-26)33(29,30)22-10-7-18(17-5-8-19(23)9-6-17)11-20(22)31-21(15)13-24(3)32(4,27)28/h5-11,15-16,21,26H,12-14H2,1-4H3/t15-,16+,21+/m1/s1. The van der Waals surface area contributed by atoms with Crippen LogP contribution < -0.4 is 4.74 Å². The molecule has 1 heterocycles. The van der Waals surface area contributed by atoms with E-state index in [1.54, 1.807) is 38.1 Å². The predicted molar refractivity (Wildman–Crippen MR) is 123 cm³/mol. The summed E-state index contributed by atoms with van der Waals surface area (Å²) in [7, 11) is -6.07. The van der Waals surface area contributed by atoms with E-state index in [4.69, 9.17) is 4.74 Å². The van der Waals surface area contributed by atoms with Crippen molar-refractivity contribution in [2.24, 2.45) is 5.92 Å². The molecule has 182 valence electrons. The first-order valence-electron chi connectivity index (χ1n) is 10.4. The van der Waals surface area contributed by atoms with E-state index < -0.39 is 38.0 Å². The number of aliphatic hydroxyl groups excluding tert-OH is 1. The predicted octanol–water partition coefficient (Wildman–Crippen LogP) is 2.15. The zero-order chi connectivity index (χ0) is 24.6. The molecule has 0 spiro atoms. The van der Waals surface area contributed by atoms with Crippen molar-refractivity contribution in [1.82, 2.24) is 8.61 Å². The fraction of sp³-hybridized carbons (Fsp3) is 0.455. The van der Waals surface area contributed by atoms with Crippen LogP contribution in [-0.2, 0) is 20.0 Å². The van der Waals surface area contributed by atoms with Crippen molar-refractivity contribution in [3.63, 3.8) is 0 Å². The molecular formula is C22H29FN2O6S2. The van der Waals surface area contributed by atoms with Gasteiger partial charge in [-0.05, 0) is 42.3 Å². The lowest BCUT2D eigenvalue weighted by Gasteiger charge is -2.37. The monoisotopic (exact) mass is 500 g/mol. The minimum absolute atomic E-state index is 0.0155. The number of ether oxygens (including phenoxy) is 1. The lowest BCUT2D eigenvalue weighted by Crippen LogP contribution is -2.50. The summed E-state index contributed by atoms with van der Waals surface area (Å²) in [4.78, 5) is -0.0763. The summed E-state index contributed by atoms with van der Waals surface area (Å²) in [6.45, 7) is 3.08. The van der Waals surface area contributed by atoms with Crippen LogP contribution in [0.2, 0.25) is 0 Å². The van der Waals surface area contributed by atoms with Gasteiger partial charge in [-0.3, -0.25) is 0 Å². The van der Waals surface area contributed by atoms with E-state index in [9.17, 15) is 26.3 Å². The van der Waals surface area contributed by atoms with Crippen molar-refractivity contribution in [2.75, 3.05) is 33.0 Å². The number of fused-ring (bicyclic) bond motifs is 1. The fourth-order valence-corrected chi connectivity index (χ4v) is 5.90. The maximum Gasteiger partial charge on any atom is 0.247 e. The number of hydrogen-bond acceptors (Lipinski definition) is 6. The topological polar surface area (TPSA) is 104 Å². The first kappa shape index (κ1) is 25.6. The molecule has 2 aromatic rings. The van der Waals surface area contributed by atoms with Crippen LogP contribution >= 0.6 is 0 Å². The van der Waals surface area contributed by atoms with E-state index in [1.165, 1.54) is 29.6 Å². The number of benzene rings is 2. The van der Waals surface area contributed by atoms with Crippen molar-refractivity contribution in [3.8, 4) is 16.9 Å². The SMILES string of the molecule is C[C@@H]1CN([C@@H](C)CO)S(=O)(=O)c2ccc(-c3ccc(F)cc3)cc2O[C@H]1CN(C)S(C)(=O)=O. The van der Waals surface area contributed by atoms with Gasteiger partial charge in [-0.25, -0.2) is 25.5 Å². The van der Waals surface area contributed by atoms with Gasteiger partial charge in [0.05, 0.1) is 19.4 Å². The smallest absolute Gasteiger partial charge is 0.247 e. The Labute approximate surface area is 194 Å². The number of likely N-dealkylation sites (N-methyl/N-ethyl adjacent to an activating group) is 1. The van der Waals surface area contributed by atoms with Crippen LogP contribution in [0.3, 0.4) is 0 Å². The number of rotatable bonds is 6. The third kappa shape index (κ3) is 5.55. The molecule has 33 heavy (non-hydrogen) atoms. The zero-order valence-corrected chi connectivity index (χ0v) is 20.6. The summed E-state index contributed by atoms with van der Waals surface area (Å²) in [5.41, 5.74) is 1.29. The highest BCUT2D eigenvalue weighted by Crippen LogP contribution is 2.36. The van der Waals surface area contributed by atoms with Crippen LogP contribution in [0.15, 0.2) is 47.4 Å². The molecule has 0 amide bonds. The van der Waals surface area contributed by atoms with E-state index in [-0.39, 0.29) is 36.3 Å². The molecule has 0 saturated heterocycles. The van der Waals surface area contributed by atoms with Gasteiger partial charge in [-0.15, -0.1) is 0 Å². The zero-order valence-electron chi connectivity index (χ0n) is 19.0. The first-order valence-corrected chi connectivity index (χ1v) is 13.7. The average molecular weight is 501 g/mol. The molecule has 3 rings (SSSR count). The summed E-state index contributed by atoms with van der Waals surface area (Å²) < 4.78 is 72.9. The van der Waals surface area contributed by atoms with Crippen LogP contribution in [0.1, 0.15) is 13.8 Å². The molecule has 0 saturated carbocycles. The largest absolute Gasteiger partial charge is 0.487 e. The molecule has 1 aliphatic rings. The summed E-state index contributed by atoms with van der Waals surface area (Å²) in [5, 5.41) is 9.69. The maximum absolute atomic E-state index is 13.5. The number of aliphatic hydroxyl groups is 1. The lowest BCUT2D eigenvalue weighted by molar-refractivity contribution is 0.0906. The Morgan fingerprint density at radius 3 is 2.39 bits per heavy atom. The van der Waals surface area contributed by atoms with Gasteiger partial charge in [0.2, 0.25) is 20.0 Å². The Bertz CT molecular complexity index is 1200. The third-order valence-electron chi connectivity index (χ3n) is 5.85. The second-order valence-corrected chi connectivity index (χ2v) is 12.4. The molecular weight excluding hydrogens is 471 g/mol. The third-order valence-corrected chi connectivity index (χ3v) is 9.15. The normalized spacial score (nSPS) is 22.2. The summed E-state index contributed by atoms with van der Waals surface area (Å²) >= 11 is 0. The van der Waals surface area contributed by atoms with Crippen LogP contribution in [0.25, 0.3) is 11.1 Å². The average Bonchev–Trinajstić information content (AvgIpc) is 2.75. The molecule has 1 aliphatic heterocycles. The second-order valence-electron chi connectivity index (χ2n) is 8.45. The van der Waals surface area contributed by atoms with E-state index in [2.05, 4.69) is 0 Å². The molecule has 0 fully saturated rings. The Balaban J connectivity index is 2.14. The second kappa shape index (κ2) is 9.67. The highest BCUT2D eigenvalue weighted by atomic mass is 32.2. The molecule has 3 atom stereocenters. The van der Waals surface area contributed by atoms with Gasteiger partial charge in [0.1, 0.15) is 22.6 Å². The van der Waals surface area contributed by atoms with Crippen molar-refractivity contribution < 1.29 is 31.1 Å². The molecule has 8 nitrogen and oxygen atoms in total. The highest BCUT2D eigenvalue weighted by Gasteiger charge is 2.38. The number of hydrogen-bond donors (Lipinski definition) is 1. The van der Waals surface area contributed by atoms with E-state index in [0.717, 1.165) is 10.6 Å². The minimum atomic E-state index is -4.02. The van der Waals surface area contributed by atoms with Crippen molar-refractivity contribution in [1.29, 1.82) is 0 Å². The van der Waals surface area contributed by atoms with E-state index in [0.29, 0.717) is 11.1 Å². The maximum atomic E-state index is 13.5. The first-order chi connectivity index (χ1) is 15.3. The van der Waals surface area contributed by atoms with Gasteiger partial charge in [0.15, 0.2) is 0 Å². The van der Waals surface area contributed by atoms with Gasteiger partial charge in [-0.1, -0.05) is 25.1 Å². The molecule has 1 N–H and O–H groups in total. The van der Waals surface area contributed by atoms with Gasteiger partial charge < -0.3 is 9.84 Å². The van der Waals surface area contributed by atoms with Crippen molar-refractivity contribution >= 4 is 20.0 Å². The molecule has 0 unspecified atom stereocenters. The lowest BCUT2D eigenvalue weighted by atomic mass is 10.0. The summed E-state index contributed by atoms with van der Waals surface area (Å²) in [6, 6.07) is 9.67. The Morgan fingerprint density at radius 1 is 1.21 bits per heavy atom. The quantitative estimate of drug-likeness (QED) is 0.652. The van der Waals surface area contributed by atoms with Crippen LogP contribution in [0.5, 0.6) is 5.75 Å². The molecule has 0 aromatic heterocycles. The number of nitrogens with zero attached hydrogens (tertiary/aromatic N) is 2. The summed E-state index contributed by atoms with van der Waals surface area (Å²) in [5.74, 6) is -0.707. The van der Waals surface area contributed by atoms with E-state index in [1.807, 2.05) is 0 Å². The van der Waals surface area contributed by atoms with E-state index >= 15 is 0 Å². The van der Waals surface area contributed by atoms with Gasteiger partial charge in [-0.2, -0.15) is 4.31 Å². The van der Waals surface area contributed by atoms with Crippen LogP contribution in [0, 0.1) is 11.7 Å². The summed E-state index contributed by atoms with van der Waals surface area (Å²) in [6.07, 6.45) is 0.432. The molecule has 11 heteroatoms. The number of sulfonamides is 2. The molecule has 0 bridgehead atoms. The number of halogens is 1. The van der Waals surface area contributed by atoms with Crippen LogP contribution in [0.4, 0.5) is 4.39 Å². The van der Waals surface area contributed by atoms with Crippen molar-refractivity contribution in [3.05, 3.63) is 48.3 Å². The van der Waals surface area contributed by atoms with Gasteiger partial charge in [0.25, 0.3) is 0 Å². The Morgan fingerprint density at radius 2 is 1.82 bits per heavy atom. The Hall–Kier alpha value is -2.05. The molecule has 0 radical (unpaired) electrons. The fourth-order valence-electron chi connectivity index (χ4n) is 3.65. The molecule has 2 aromatic carbocycles. The van der Waals surface area contributed by atoms with Gasteiger partial charge in [0, 0.05) is 25.6 Å². The highest BCUT2D eigenvalue weighted by molar-refractivity contribution is 7.89.